The van der Waals surface area contributed by atoms with E-state index in [0.29, 0.717) is 11.8 Å². The Morgan fingerprint density at radius 2 is 2.17 bits per heavy atom. The number of amides is 1. The van der Waals surface area contributed by atoms with Gasteiger partial charge in [-0.3, -0.25) is 0 Å². The molecule has 1 amide bonds. The summed E-state index contributed by atoms with van der Waals surface area (Å²) in [7, 11) is 0. The fourth-order valence-electron chi connectivity index (χ4n) is 2.47. The van der Waals surface area contributed by atoms with E-state index < -0.39 is 5.60 Å². The van der Waals surface area contributed by atoms with Gasteiger partial charge in [0.15, 0.2) is 0 Å². The van der Waals surface area contributed by atoms with Gasteiger partial charge in [0.05, 0.1) is 0 Å². The van der Waals surface area contributed by atoms with Crippen LogP contribution in [0.3, 0.4) is 0 Å². The van der Waals surface area contributed by atoms with E-state index in [1.807, 2.05) is 25.7 Å². The van der Waals surface area contributed by atoms with Gasteiger partial charge in [0, 0.05) is 13.1 Å². The van der Waals surface area contributed by atoms with E-state index in [9.17, 15) is 4.79 Å². The summed E-state index contributed by atoms with van der Waals surface area (Å²) in [6, 6.07) is 0. The zero-order valence-corrected chi connectivity index (χ0v) is 12.2. The molecule has 0 aromatic rings. The van der Waals surface area contributed by atoms with Crippen molar-refractivity contribution in [3.05, 3.63) is 0 Å². The van der Waals surface area contributed by atoms with Gasteiger partial charge in [-0.05, 0) is 58.4 Å². The monoisotopic (exact) mass is 256 g/mol. The molecule has 2 N–H and O–H groups in total. The highest BCUT2D eigenvalue weighted by Crippen LogP contribution is 2.26. The van der Waals surface area contributed by atoms with Crippen LogP contribution < -0.4 is 5.73 Å². The Balaban J connectivity index is 2.50. The van der Waals surface area contributed by atoms with Crippen molar-refractivity contribution in [2.75, 3.05) is 19.6 Å². The molecule has 2 unspecified atom stereocenters. The lowest BCUT2D eigenvalue weighted by molar-refractivity contribution is 0.0133. The van der Waals surface area contributed by atoms with Crippen molar-refractivity contribution >= 4 is 6.09 Å². The summed E-state index contributed by atoms with van der Waals surface area (Å²) in [5.41, 5.74) is 5.20. The molecule has 0 saturated carbocycles. The maximum absolute atomic E-state index is 12.0. The predicted molar refractivity (Wildman–Crippen MR) is 73.4 cm³/mol. The van der Waals surface area contributed by atoms with Gasteiger partial charge in [-0.15, -0.1) is 0 Å². The topological polar surface area (TPSA) is 55.6 Å². The molecular weight excluding hydrogens is 228 g/mol. The molecule has 0 aromatic heterocycles. The normalized spacial score (nSPS) is 22.7. The van der Waals surface area contributed by atoms with Crippen molar-refractivity contribution < 1.29 is 9.53 Å². The summed E-state index contributed by atoms with van der Waals surface area (Å²) in [5, 5.41) is 0. The van der Waals surface area contributed by atoms with Gasteiger partial charge >= 0.3 is 6.09 Å². The van der Waals surface area contributed by atoms with Crippen molar-refractivity contribution in [1.82, 2.24) is 4.90 Å². The molecule has 0 radical (unpaired) electrons. The van der Waals surface area contributed by atoms with Crippen LogP contribution in [0.1, 0.15) is 47.0 Å². The van der Waals surface area contributed by atoms with Crippen LogP contribution in [0, 0.1) is 11.8 Å². The minimum absolute atomic E-state index is 0.174. The number of ether oxygens (including phenoxy) is 1. The summed E-state index contributed by atoms with van der Waals surface area (Å²) in [4.78, 5) is 13.9. The summed E-state index contributed by atoms with van der Waals surface area (Å²) in [6.07, 6.45) is 3.12. The number of rotatable bonds is 3. The molecule has 1 aliphatic heterocycles. The summed E-state index contributed by atoms with van der Waals surface area (Å²) >= 11 is 0. The molecule has 2 atom stereocenters. The standard InChI is InChI=1S/C14H28N2O2/c1-11(7-8-15)12-6-5-9-16(10-12)13(17)18-14(2,3)4/h11-12H,5-10,15H2,1-4H3. The minimum atomic E-state index is -0.410. The van der Waals surface area contributed by atoms with E-state index in [0.717, 1.165) is 32.5 Å². The van der Waals surface area contributed by atoms with Crippen LogP contribution in [-0.4, -0.2) is 36.2 Å². The SMILES string of the molecule is CC(CCN)C1CCCN(C(=O)OC(C)(C)C)C1. The lowest BCUT2D eigenvalue weighted by atomic mass is 9.85. The van der Waals surface area contributed by atoms with Crippen molar-refractivity contribution in [3.8, 4) is 0 Å². The van der Waals surface area contributed by atoms with Crippen molar-refractivity contribution in [1.29, 1.82) is 0 Å². The van der Waals surface area contributed by atoms with Crippen LogP contribution >= 0.6 is 0 Å². The Kier molecular flexibility index (Phi) is 5.45. The smallest absolute Gasteiger partial charge is 0.410 e. The number of nitrogens with zero attached hydrogens (tertiary/aromatic N) is 1. The number of nitrogens with two attached hydrogens (primary N) is 1. The van der Waals surface area contributed by atoms with Gasteiger partial charge in [-0.2, -0.15) is 0 Å². The summed E-state index contributed by atoms with van der Waals surface area (Å²) in [6.45, 7) is 10.3. The molecule has 0 aromatic carbocycles. The van der Waals surface area contributed by atoms with Crippen molar-refractivity contribution in [2.24, 2.45) is 17.6 Å². The quantitative estimate of drug-likeness (QED) is 0.844. The van der Waals surface area contributed by atoms with Crippen LogP contribution in [-0.2, 0) is 4.74 Å². The lowest BCUT2D eigenvalue weighted by Gasteiger charge is -2.36. The molecule has 0 spiro atoms. The predicted octanol–water partition coefficient (Wildman–Crippen LogP) is 2.62. The third-order valence-corrected chi connectivity index (χ3v) is 3.54. The molecule has 1 fully saturated rings. The molecule has 1 aliphatic rings. The van der Waals surface area contributed by atoms with Crippen LogP contribution in [0.25, 0.3) is 0 Å². The van der Waals surface area contributed by atoms with E-state index in [-0.39, 0.29) is 6.09 Å². The number of hydrogen-bond donors (Lipinski definition) is 1. The van der Waals surface area contributed by atoms with Crippen LogP contribution in [0.4, 0.5) is 4.79 Å². The average Bonchev–Trinajstić information content (AvgIpc) is 2.27. The largest absolute Gasteiger partial charge is 0.444 e. The average molecular weight is 256 g/mol. The highest BCUT2D eigenvalue weighted by Gasteiger charge is 2.29. The minimum Gasteiger partial charge on any atom is -0.444 e. The number of hydrogen-bond acceptors (Lipinski definition) is 3. The first-order chi connectivity index (χ1) is 8.33. The van der Waals surface area contributed by atoms with Gasteiger partial charge in [0.2, 0.25) is 0 Å². The van der Waals surface area contributed by atoms with E-state index >= 15 is 0 Å². The first-order valence-corrected chi connectivity index (χ1v) is 7.01. The van der Waals surface area contributed by atoms with Crippen LogP contribution in [0.15, 0.2) is 0 Å². The number of carbonyl (C=O) groups is 1. The molecule has 18 heavy (non-hydrogen) atoms. The van der Waals surface area contributed by atoms with E-state index in [1.54, 1.807) is 0 Å². The van der Waals surface area contributed by atoms with Crippen molar-refractivity contribution in [2.45, 2.75) is 52.6 Å². The molecule has 106 valence electrons. The van der Waals surface area contributed by atoms with E-state index in [2.05, 4.69) is 6.92 Å². The van der Waals surface area contributed by atoms with Crippen molar-refractivity contribution in [3.63, 3.8) is 0 Å². The maximum Gasteiger partial charge on any atom is 0.410 e. The Morgan fingerprint density at radius 3 is 2.72 bits per heavy atom. The molecule has 1 heterocycles. The van der Waals surface area contributed by atoms with Gasteiger partial charge in [-0.25, -0.2) is 4.79 Å². The first-order valence-electron chi connectivity index (χ1n) is 7.01. The zero-order valence-electron chi connectivity index (χ0n) is 12.2. The third-order valence-electron chi connectivity index (χ3n) is 3.54. The summed E-state index contributed by atoms with van der Waals surface area (Å²) < 4.78 is 5.43. The molecule has 0 bridgehead atoms. The Morgan fingerprint density at radius 1 is 1.50 bits per heavy atom. The van der Waals surface area contributed by atoms with Crippen LogP contribution in [0.2, 0.25) is 0 Å². The molecule has 1 saturated heterocycles. The van der Waals surface area contributed by atoms with Gasteiger partial charge in [-0.1, -0.05) is 6.92 Å². The molecular formula is C14H28N2O2. The highest BCUT2D eigenvalue weighted by atomic mass is 16.6. The van der Waals surface area contributed by atoms with Gasteiger partial charge in [0.1, 0.15) is 5.60 Å². The van der Waals surface area contributed by atoms with Gasteiger partial charge in [0.25, 0.3) is 0 Å². The highest BCUT2D eigenvalue weighted by molar-refractivity contribution is 5.68. The second kappa shape index (κ2) is 6.41. The Bertz CT molecular complexity index is 273. The molecule has 0 aliphatic carbocycles. The molecule has 1 rings (SSSR count). The van der Waals surface area contributed by atoms with E-state index in [4.69, 9.17) is 10.5 Å². The van der Waals surface area contributed by atoms with Crippen LogP contribution in [0.5, 0.6) is 0 Å². The number of likely N-dealkylation sites (tertiary alicyclic amines) is 1. The summed E-state index contributed by atoms with van der Waals surface area (Å²) in [5.74, 6) is 1.15. The number of piperidine rings is 1. The Labute approximate surface area is 111 Å². The fraction of sp³-hybridized carbons (Fsp3) is 0.929. The third kappa shape index (κ3) is 4.84. The zero-order chi connectivity index (χ0) is 13.8. The number of carbonyl (C=O) groups excluding carboxylic acids is 1. The molecule has 4 nitrogen and oxygen atoms in total. The van der Waals surface area contributed by atoms with Gasteiger partial charge < -0.3 is 15.4 Å². The fourth-order valence-corrected chi connectivity index (χ4v) is 2.47. The second-order valence-electron chi connectivity index (χ2n) is 6.38. The first kappa shape index (κ1) is 15.3. The second-order valence-corrected chi connectivity index (χ2v) is 6.38. The maximum atomic E-state index is 12.0. The Hall–Kier alpha value is -0.770. The molecule has 4 heteroatoms. The lowest BCUT2D eigenvalue weighted by Crippen LogP contribution is -2.44. The van der Waals surface area contributed by atoms with E-state index in [1.165, 1.54) is 6.42 Å².